The number of ether oxygens (including phenoxy) is 2. The molecule has 0 aliphatic carbocycles. The molecule has 0 saturated heterocycles. The summed E-state index contributed by atoms with van der Waals surface area (Å²) in [5.41, 5.74) is 4.98. The van der Waals surface area contributed by atoms with Crippen molar-refractivity contribution >= 4 is 29.8 Å². The quantitative estimate of drug-likeness (QED) is 0.536. The summed E-state index contributed by atoms with van der Waals surface area (Å²) in [6.07, 6.45) is 2.73. The van der Waals surface area contributed by atoms with Crippen LogP contribution in [0.5, 0.6) is 5.75 Å². The topological polar surface area (TPSA) is 48.4 Å². The predicted molar refractivity (Wildman–Crippen MR) is 108 cm³/mol. The summed E-state index contributed by atoms with van der Waals surface area (Å²) in [6, 6.07) is 8.77. The van der Waals surface area contributed by atoms with Crippen LogP contribution in [0.1, 0.15) is 39.7 Å². The molecule has 1 aromatic carbocycles. The molecule has 0 radical (unpaired) electrons. The van der Waals surface area contributed by atoms with Crippen LogP contribution in [0.25, 0.3) is 0 Å². The van der Waals surface area contributed by atoms with E-state index in [1.165, 1.54) is 11.1 Å². The van der Waals surface area contributed by atoms with Gasteiger partial charge in [0.1, 0.15) is 6.61 Å². The Balaban J connectivity index is 1.86. The largest absolute Gasteiger partial charge is 0.488 e. The van der Waals surface area contributed by atoms with Crippen molar-refractivity contribution in [2.24, 2.45) is 0 Å². The zero-order valence-electron chi connectivity index (χ0n) is 14.9. The summed E-state index contributed by atoms with van der Waals surface area (Å²) in [6.45, 7) is 3.53. The number of aldehydes is 1. The second-order valence-electron chi connectivity index (χ2n) is 5.94. The Morgan fingerprint density at radius 1 is 1.04 bits per heavy atom. The molecule has 0 fully saturated rings. The highest BCUT2D eigenvalue weighted by molar-refractivity contribution is 7.98. The summed E-state index contributed by atoms with van der Waals surface area (Å²) < 4.78 is 11.3. The number of aromatic nitrogens is 1. The standard InChI is InChI=1S/C20H23NO3S2/c1-2-23-7-8-24-20-18(10-22)17-9-21-19(20)14-26-12-16-5-3-15(4-6-16)11-25-13-17/h3-6,9-10H,2,7-8,11-14H2,1H3. The van der Waals surface area contributed by atoms with Crippen molar-refractivity contribution in [2.45, 2.75) is 29.9 Å². The third-order valence-corrected chi connectivity index (χ3v) is 6.15. The van der Waals surface area contributed by atoms with Gasteiger partial charge in [-0.25, -0.2) is 0 Å². The van der Waals surface area contributed by atoms with E-state index in [0.717, 1.165) is 34.8 Å². The van der Waals surface area contributed by atoms with Crippen molar-refractivity contribution < 1.29 is 14.3 Å². The first-order valence-corrected chi connectivity index (χ1v) is 11.0. The van der Waals surface area contributed by atoms with E-state index in [1.807, 2.05) is 13.1 Å². The molecular formula is C20H23NO3S2. The number of benzene rings is 1. The molecule has 4 aliphatic heterocycles. The number of pyridine rings is 1. The van der Waals surface area contributed by atoms with Crippen molar-refractivity contribution in [2.75, 3.05) is 19.8 Å². The van der Waals surface area contributed by atoms with Crippen LogP contribution in [0.2, 0.25) is 0 Å². The zero-order chi connectivity index (χ0) is 18.2. The Morgan fingerprint density at radius 3 is 2.38 bits per heavy atom. The van der Waals surface area contributed by atoms with Gasteiger partial charge in [-0.1, -0.05) is 24.3 Å². The fourth-order valence-electron chi connectivity index (χ4n) is 2.72. The van der Waals surface area contributed by atoms with Crippen molar-refractivity contribution in [1.82, 2.24) is 4.98 Å². The van der Waals surface area contributed by atoms with Crippen LogP contribution in [-0.2, 0) is 27.7 Å². The van der Waals surface area contributed by atoms with E-state index in [-0.39, 0.29) is 0 Å². The molecule has 4 bridgehead atoms. The van der Waals surface area contributed by atoms with Crippen LogP contribution in [0.4, 0.5) is 0 Å². The first-order chi connectivity index (χ1) is 12.8. The molecule has 4 aliphatic rings. The molecule has 138 valence electrons. The lowest BCUT2D eigenvalue weighted by Crippen LogP contribution is -2.11. The molecule has 0 saturated carbocycles. The molecule has 0 atom stereocenters. The first kappa shape index (κ1) is 19.3. The summed E-state index contributed by atoms with van der Waals surface area (Å²) in [5, 5.41) is 0. The molecule has 0 spiro atoms. The molecule has 2 aromatic rings. The first-order valence-electron chi connectivity index (χ1n) is 8.71. The minimum atomic E-state index is 0.422. The predicted octanol–water partition coefficient (Wildman–Crippen LogP) is 4.49. The van der Waals surface area contributed by atoms with Crippen molar-refractivity contribution in [3.63, 3.8) is 0 Å². The third kappa shape index (κ3) is 5.02. The molecule has 0 amide bonds. The number of thioether (sulfide) groups is 2. The molecule has 26 heavy (non-hydrogen) atoms. The molecule has 5 heterocycles. The monoisotopic (exact) mass is 389 g/mol. The van der Waals surface area contributed by atoms with Crippen molar-refractivity contribution in [3.05, 3.63) is 58.4 Å². The highest BCUT2D eigenvalue weighted by atomic mass is 32.2. The van der Waals surface area contributed by atoms with Gasteiger partial charge in [-0.2, -0.15) is 23.5 Å². The lowest BCUT2D eigenvalue weighted by atomic mass is 10.1. The highest BCUT2D eigenvalue weighted by Gasteiger charge is 2.17. The summed E-state index contributed by atoms with van der Waals surface area (Å²) in [4.78, 5) is 16.4. The smallest absolute Gasteiger partial charge is 0.154 e. The van der Waals surface area contributed by atoms with E-state index >= 15 is 0 Å². The van der Waals surface area contributed by atoms with Crippen LogP contribution in [0, 0.1) is 0 Å². The lowest BCUT2D eigenvalue weighted by molar-refractivity contribution is 0.106. The van der Waals surface area contributed by atoms with E-state index < -0.39 is 0 Å². The maximum atomic E-state index is 11.8. The number of carbonyl (C=O) groups is 1. The summed E-state index contributed by atoms with van der Waals surface area (Å²) >= 11 is 3.56. The third-order valence-electron chi connectivity index (χ3n) is 4.08. The molecule has 4 nitrogen and oxygen atoms in total. The average molecular weight is 390 g/mol. The summed E-state index contributed by atoms with van der Waals surface area (Å²) in [7, 11) is 0. The molecule has 1 aromatic heterocycles. The fourth-order valence-corrected chi connectivity index (χ4v) is 4.63. The van der Waals surface area contributed by atoms with Gasteiger partial charge >= 0.3 is 0 Å². The van der Waals surface area contributed by atoms with Gasteiger partial charge in [0.2, 0.25) is 0 Å². The van der Waals surface area contributed by atoms with Gasteiger partial charge in [0.05, 0.1) is 17.9 Å². The van der Waals surface area contributed by atoms with E-state index in [4.69, 9.17) is 9.47 Å². The fraction of sp³-hybridized carbons (Fsp3) is 0.400. The molecular weight excluding hydrogens is 366 g/mol. The average Bonchev–Trinajstić information content (AvgIpc) is 2.67. The molecule has 6 heteroatoms. The van der Waals surface area contributed by atoms with Crippen LogP contribution < -0.4 is 4.74 Å². The second kappa shape index (κ2) is 10.00. The van der Waals surface area contributed by atoms with Crippen molar-refractivity contribution in [3.8, 4) is 5.75 Å². The minimum absolute atomic E-state index is 0.422. The molecule has 6 rings (SSSR count). The Morgan fingerprint density at radius 2 is 1.73 bits per heavy atom. The Labute approximate surface area is 163 Å². The van der Waals surface area contributed by atoms with Crippen LogP contribution >= 0.6 is 23.5 Å². The van der Waals surface area contributed by atoms with Gasteiger partial charge in [-0.15, -0.1) is 0 Å². The highest BCUT2D eigenvalue weighted by Crippen LogP contribution is 2.31. The van der Waals surface area contributed by atoms with Crippen LogP contribution in [0.3, 0.4) is 0 Å². The molecule has 0 N–H and O–H groups in total. The van der Waals surface area contributed by atoms with E-state index in [0.29, 0.717) is 36.9 Å². The minimum Gasteiger partial charge on any atom is -0.488 e. The lowest BCUT2D eigenvalue weighted by Gasteiger charge is -2.16. The van der Waals surface area contributed by atoms with Gasteiger partial charge in [-0.3, -0.25) is 9.78 Å². The SMILES string of the molecule is CCOCCOc1c2ncc(c1C=O)CSCc1ccc(cc1)CSC2. The van der Waals surface area contributed by atoms with Gasteiger partial charge < -0.3 is 9.47 Å². The number of rotatable bonds is 6. The van der Waals surface area contributed by atoms with Gasteiger partial charge in [0.15, 0.2) is 12.0 Å². The maximum absolute atomic E-state index is 11.8. The second-order valence-corrected chi connectivity index (χ2v) is 7.91. The number of carbonyl (C=O) groups excluding carboxylic acids is 1. The van der Waals surface area contributed by atoms with Crippen LogP contribution in [0.15, 0.2) is 30.5 Å². The normalized spacial score (nSPS) is 14.2. The maximum Gasteiger partial charge on any atom is 0.154 e. The Bertz CT molecular complexity index is 735. The van der Waals surface area contributed by atoms with Gasteiger partial charge in [0.25, 0.3) is 0 Å². The van der Waals surface area contributed by atoms with Crippen LogP contribution in [-0.4, -0.2) is 31.1 Å². The van der Waals surface area contributed by atoms with Gasteiger partial charge in [-0.05, 0) is 23.6 Å². The number of hydrogen-bond donors (Lipinski definition) is 0. The van der Waals surface area contributed by atoms with E-state index in [1.54, 1.807) is 23.5 Å². The zero-order valence-corrected chi connectivity index (χ0v) is 16.5. The Kier molecular flexibility index (Phi) is 7.41. The number of nitrogens with zero attached hydrogens (tertiary/aromatic N) is 1. The van der Waals surface area contributed by atoms with Gasteiger partial charge in [0, 0.05) is 35.8 Å². The number of hydrogen-bond acceptors (Lipinski definition) is 6. The van der Waals surface area contributed by atoms with E-state index in [2.05, 4.69) is 29.2 Å². The molecule has 0 unspecified atom stereocenters. The summed E-state index contributed by atoms with van der Waals surface area (Å²) in [5.74, 6) is 3.88. The van der Waals surface area contributed by atoms with E-state index in [9.17, 15) is 4.79 Å². The van der Waals surface area contributed by atoms with Crippen molar-refractivity contribution in [1.29, 1.82) is 0 Å². The Hall–Kier alpha value is -1.50.